The molecule has 0 saturated heterocycles. The number of aliphatic imine (C=N–C) groups is 1. The van der Waals surface area contributed by atoms with Crippen molar-refractivity contribution in [1.82, 2.24) is 9.78 Å². The minimum atomic E-state index is 0.0925. The number of aromatic nitrogens is 2. The van der Waals surface area contributed by atoms with E-state index in [4.69, 9.17) is 17.3 Å². The number of halogens is 1. The summed E-state index contributed by atoms with van der Waals surface area (Å²) in [6, 6.07) is 7.68. The van der Waals surface area contributed by atoms with Gasteiger partial charge in [0.15, 0.2) is 5.96 Å². The third kappa shape index (κ3) is 2.17. The topological polar surface area (TPSA) is 59.4 Å². The summed E-state index contributed by atoms with van der Waals surface area (Å²) in [4.78, 5) is 6.34. The van der Waals surface area contributed by atoms with Crippen molar-refractivity contribution in [2.24, 2.45) is 17.8 Å². The number of hydrogen-bond acceptors (Lipinski definition) is 4. The first-order valence-corrected chi connectivity index (χ1v) is 6.36. The second kappa shape index (κ2) is 4.59. The monoisotopic (exact) mass is 275 g/mol. The molecule has 2 heterocycles. The summed E-state index contributed by atoms with van der Waals surface area (Å²) >= 11 is 5.92. The highest BCUT2D eigenvalue weighted by Crippen LogP contribution is 2.31. The molecule has 0 aliphatic carbocycles. The van der Waals surface area contributed by atoms with Gasteiger partial charge in [0, 0.05) is 29.5 Å². The van der Waals surface area contributed by atoms with Gasteiger partial charge < -0.3 is 10.6 Å². The Balaban J connectivity index is 1.96. The number of benzene rings is 1. The third-order valence-corrected chi connectivity index (χ3v) is 3.45. The molecule has 1 atom stereocenters. The molecule has 3 rings (SSSR count). The largest absolute Gasteiger partial charge is 0.369 e. The van der Waals surface area contributed by atoms with Gasteiger partial charge >= 0.3 is 0 Å². The SMILES string of the molecule is Cn1cc(C2CN=C(N)N2c2ccc(Cl)cc2)cn1. The molecule has 1 aliphatic rings. The Morgan fingerprint density at radius 3 is 2.68 bits per heavy atom. The smallest absolute Gasteiger partial charge is 0.196 e. The fourth-order valence-electron chi connectivity index (χ4n) is 2.28. The summed E-state index contributed by atoms with van der Waals surface area (Å²) in [5.74, 6) is 0.524. The van der Waals surface area contributed by atoms with Gasteiger partial charge in [0.05, 0.1) is 18.8 Å². The first kappa shape index (κ1) is 12.0. The molecule has 6 heteroatoms. The van der Waals surface area contributed by atoms with Crippen LogP contribution in [0.1, 0.15) is 11.6 Å². The highest BCUT2D eigenvalue weighted by molar-refractivity contribution is 6.30. The van der Waals surface area contributed by atoms with Crippen molar-refractivity contribution in [3.63, 3.8) is 0 Å². The average Bonchev–Trinajstić information content (AvgIpc) is 2.97. The number of rotatable bonds is 2. The van der Waals surface area contributed by atoms with E-state index < -0.39 is 0 Å². The van der Waals surface area contributed by atoms with E-state index in [1.54, 1.807) is 4.68 Å². The Kier molecular flexibility index (Phi) is 2.91. The summed E-state index contributed by atoms with van der Waals surface area (Å²) in [6.07, 6.45) is 3.84. The molecule has 2 N–H and O–H groups in total. The predicted octanol–water partition coefficient (Wildman–Crippen LogP) is 1.95. The van der Waals surface area contributed by atoms with Crippen molar-refractivity contribution in [1.29, 1.82) is 0 Å². The number of anilines is 1. The second-order valence-electron chi connectivity index (χ2n) is 4.51. The fraction of sp³-hybridized carbons (Fsp3) is 0.231. The van der Waals surface area contributed by atoms with Gasteiger partial charge in [-0.2, -0.15) is 5.10 Å². The third-order valence-electron chi connectivity index (χ3n) is 3.20. The van der Waals surface area contributed by atoms with E-state index in [-0.39, 0.29) is 6.04 Å². The van der Waals surface area contributed by atoms with Crippen molar-refractivity contribution >= 4 is 23.2 Å². The molecule has 0 amide bonds. The Morgan fingerprint density at radius 1 is 1.32 bits per heavy atom. The molecule has 2 aromatic rings. The fourth-order valence-corrected chi connectivity index (χ4v) is 2.40. The van der Waals surface area contributed by atoms with Crippen LogP contribution in [-0.2, 0) is 7.05 Å². The van der Waals surface area contributed by atoms with Crippen molar-refractivity contribution in [3.8, 4) is 0 Å². The van der Waals surface area contributed by atoms with Crippen molar-refractivity contribution < 1.29 is 0 Å². The van der Waals surface area contributed by atoms with Crippen LogP contribution in [0.4, 0.5) is 5.69 Å². The lowest BCUT2D eigenvalue weighted by molar-refractivity contribution is 0.752. The Labute approximate surface area is 116 Å². The first-order valence-electron chi connectivity index (χ1n) is 5.98. The molecule has 1 aromatic heterocycles. The zero-order chi connectivity index (χ0) is 13.4. The van der Waals surface area contributed by atoms with Crippen molar-refractivity contribution in [3.05, 3.63) is 47.2 Å². The quantitative estimate of drug-likeness (QED) is 0.911. The molecular weight excluding hydrogens is 262 g/mol. The van der Waals surface area contributed by atoms with Crippen LogP contribution in [0.2, 0.25) is 5.02 Å². The molecule has 19 heavy (non-hydrogen) atoms. The molecule has 0 radical (unpaired) electrons. The van der Waals surface area contributed by atoms with Crippen LogP contribution in [-0.4, -0.2) is 22.3 Å². The minimum Gasteiger partial charge on any atom is -0.369 e. The summed E-state index contributed by atoms with van der Waals surface area (Å²) in [7, 11) is 1.90. The van der Waals surface area contributed by atoms with E-state index in [9.17, 15) is 0 Å². The Bertz CT molecular complexity index is 616. The van der Waals surface area contributed by atoms with Crippen LogP contribution in [0.15, 0.2) is 41.7 Å². The van der Waals surface area contributed by atoms with Crippen LogP contribution < -0.4 is 10.6 Å². The first-order chi connectivity index (χ1) is 9.15. The second-order valence-corrected chi connectivity index (χ2v) is 4.94. The van der Waals surface area contributed by atoms with E-state index >= 15 is 0 Å². The summed E-state index contributed by atoms with van der Waals surface area (Å²) in [6.45, 7) is 0.639. The van der Waals surface area contributed by atoms with E-state index in [1.165, 1.54) is 0 Å². The van der Waals surface area contributed by atoms with Gasteiger partial charge in [0.25, 0.3) is 0 Å². The molecule has 98 valence electrons. The Morgan fingerprint density at radius 2 is 2.05 bits per heavy atom. The minimum absolute atomic E-state index is 0.0925. The summed E-state index contributed by atoms with van der Waals surface area (Å²) in [5, 5.41) is 4.91. The summed E-state index contributed by atoms with van der Waals surface area (Å²) < 4.78 is 1.78. The zero-order valence-electron chi connectivity index (χ0n) is 10.5. The normalized spacial score (nSPS) is 18.7. The molecule has 1 unspecified atom stereocenters. The number of aryl methyl sites for hydroxylation is 1. The molecule has 5 nitrogen and oxygen atoms in total. The lowest BCUT2D eigenvalue weighted by Gasteiger charge is -2.25. The van der Waals surface area contributed by atoms with Gasteiger partial charge in [-0.3, -0.25) is 9.67 Å². The van der Waals surface area contributed by atoms with Crippen LogP contribution in [0, 0.1) is 0 Å². The van der Waals surface area contributed by atoms with Gasteiger partial charge in [0.1, 0.15) is 0 Å². The number of guanidine groups is 1. The molecule has 0 spiro atoms. The van der Waals surface area contributed by atoms with Gasteiger partial charge in [-0.05, 0) is 24.3 Å². The van der Waals surface area contributed by atoms with Gasteiger partial charge in [-0.1, -0.05) is 11.6 Å². The highest BCUT2D eigenvalue weighted by Gasteiger charge is 2.29. The maximum Gasteiger partial charge on any atom is 0.196 e. The Hall–Kier alpha value is -2.01. The number of hydrogen-bond donors (Lipinski definition) is 1. The number of nitrogens with zero attached hydrogens (tertiary/aromatic N) is 4. The lowest BCUT2D eigenvalue weighted by Crippen LogP contribution is -2.35. The van der Waals surface area contributed by atoms with Crippen molar-refractivity contribution in [2.45, 2.75) is 6.04 Å². The molecule has 1 aliphatic heterocycles. The molecule has 0 bridgehead atoms. The van der Waals surface area contributed by atoms with Crippen molar-refractivity contribution in [2.75, 3.05) is 11.4 Å². The molecule has 1 aromatic carbocycles. The van der Waals surface area contributed by atoms with E-state index in [0.717, 1.165) is 11.3 Å². The van der Waals surface area contributed by atoms with Crippen LogP contribution in [0.3, 0.4) is 0 Å². The molecule has 0 fully saturated rings. The molecule has 0 saturated carbocycles. The van der Waals surface area contributed by atoms with Crippen LogP contribution in [0.25, 0.3) is 0 Å². The van der Waals surface area contributed by atoms with Crippen LogP contribution >= 0.6 is 11.6 Å². The van der Waals surface area contributed by atoms with E-state index in [0.29, 0.717) is 17.5 Å². The lowest BCUT2D eigenvalue weighted by atomic mass is 10.1. The standard InChI is InChI=1S/C13H14ClN5/c1-18-8-9(6-17-18)12-7-16-13(15)19(12)11-4-2-10(14)3-5-11/h2-6,8,12H,7H2,1H3,(H2,15,16). The van der Waals surface area contributed by atoms with E-state index in [1.807, 2.05) is 48.6 Å². The average molecular weight is 276 g/mol. The van der Waals surface area contributed by atoms with Gasteiger partial charge in [-0.15, -0.1) is 0 Å². The maximum atomic E-state index is 6.00. The highest BCUT2D eigenvalue weighted by atomic mass is 35.5. The maximum absolute atomic E-state index is 6.00. The number of nitrogens with two attached hydrogens (primary N) is 1. The zero-order valence-corrected chi connectivity index (χ0v) is 11.2. The van der Waals surface area contributed by atoms with E-state index in [2.05, 4.69) is 10.1 Å². The van der Waals surface area contributed by atoms with Gasteiger partial charge in [0.2, 0.25) is 0 Å². The predicted molar refractivity (Wildman–Crippen MR) is 76.4 cm³/mol. The molecular formula is C13H14ClN5. The van der Waals surface area contributed by atoms with Crippen LogP contribution in [0.5, 0.6) is 0 Å². The summed E-state index contributed by atoms with van der Waals surface area (Å²) in [5.41, 5.74) is 8.08. The van der Waals surface area contributed by atoms with Gasteiger partial charge in [-0.25, -0.2) is 0 Å².